The Labute approximate surface area is 263 Å². The van der Waals surface area contributed by atoms with Gasteiger partial charge in [0.25, 0.3) is 0 Å². The molecule has 1 N–H and O–H groups in total. The highest BCUT2D eigenvalue weighted by Crippen LogP contribution is 2.41. The van der Waals surface area contributed by atoms with E-state index in [0.717, 1.165) is 83.3 Å². The van der Waals surface area contributed by atoms with Crippen LogP contribution in [0.5, 0.6) is 11.5 Å². The van der Waals surface area contributed by atoms with Crippen LogP contribution >= 0.6 is 0 Å². The number of nitriles is 1. The first-order chi connectivity index (χ1) is 22.1. The molecule has 1 atom stereocenters. The van der Waals surface area contributed by atoms with E-state index in [1.165, 1.54) is 6.20 Å². The summed E-state index contributed by atoms with van der Waals surface area (Å²) >= 11 is 0. The second-order valence-corrected chi connectivity index (χ2v) is 11.5. The number of carbonyl (C=O) groups is 1. The summed E-state index contributed by atoms with van der Waals surface area (Å²) in [5.74, 6) is 0.575. The Morgan fingerprint density at radius 1 is 1.00 bits per heavy atom. The summed E-state index contributed by atoms with van der Waals surface area (Å²) in [6, 6.07) is 21.3. The van der Waals surface area contributed by atoms with Crippen LogP contribution in [0.15, 0.2) is 73.1 Å². The zero-order valence-corrected chi connectivity index (χ0v) is 25.0. The molecule has 45 heavy (non-hydrogen) atoms. The lowest BCUT2D eigenvalue weighted by molar-refractivity contribution is -0.144. The van der Waals surface area contributed by atoms with Gasteiger partial charge in [0.15, 0.2) is 0 Å². The van der Waals surface area contributed by atoms with Crippen molar-refractivity contribution in [2.45, 2.75) is 64.3 Å². The van der Waals surface area contributed by atoms with Gasteiger partial charge in [0.05, 0.1) is 12.1 Å². The van der Waals surface area contributed by atoms with Crippen molar-refractivity contribution in [1.82, 2.24) is 9.88 Å². The fraction of sp³-hybridized carbons (Fsp3) is 0.297. The van der Waals surface area contributed by atoms with Crippen molar-refractivity contribution in [3.63, 3.8) is 0 Å². The average Bonchev–Trinajstić information content (AvgIpc) is 3.58. The molecule has 0 unspecified atom stereocenters. The lowest BCUT2D eigenvalue weighted by atomic mass is 9.96. The Hall–Kier alpha value is -5.18. The first-order valence-corrected chi connectivity index (χ1v) is 15.3. The summed E-state index contributed by atoms with van der Waals surface area (Å²) in [5, 5.41) is 20.1. The van der Waals surface area contributed by atoms with Crippen LogP contribution in [0, 0.1) is 17.9 Å². The first kappa shape index (κ1) is 29.9. The van der Waals surface area contributed by atoms with Crippen LogP contribution in [0.25, 0.3) is 16.0 Å². The Morgan fingerprint density at radius 3 is 2.62 bits per heavy atom. The number of hydrogen-bond donors (Lipinski definition) is 1. The maximum absolute atomic E-state index is 12.1. The smallest absolute Gasteiger partial charge is 0.320 e. The zero-order chi connectivity index (χ0) is 31.2. The second-order valence-electron chi connectivity index (χ2n) is 11.5. The SMILES string of the molecule is [C-]#[N+]c1cncc(COc2cc(OCc3cccc(-c4ccccc4)c3C#N)c3c(c2CN2CCCC[C@H]2C(=O)O)CCC3)c1. The Bertz CT molecular complexity index is 1790. The number of ether oxygens (including phenoxy) is 2. The third-order valence-electron chi connectivity index (χ3n) is 8.73. The first-order valence-electron chi connectivity index (χ1n) is 15.3. The van der Waals surface area contributed by atoms with Gasteiger partial charge in [0, 0.05) is 36.1 Å². The van der Waals surface area contributed by atoms with Gasteiger partial charge in [0.1, 0.15) is 36.8 Å². The monoisotopic (exact) mass is 598 g/mol. The molecule has 2 heterocycles. The van der Waals surface area contributed by atoms with E-state index in [2.05, 4.69) is 20.8 Å². The number of aliphatic carboxylic acids is 1. The predicted octanol–water partition coefficient (Wildman–Crippen LogP) is 7.26. The number of nitrogens with zero attached hydrogens (tertiary/aromatic N) is 4. The molecule has 1 aliphatic heterocycles. The number of hydrogen-bond acceptors (Lipinski definition) is 6. The number of benzene rings is 3. The molecule has 1 aliphatic carbocycles. The Kier molecular flexibility index (Phi) is 9.05. The number of piperidine rings is 1. The van der Waals surface area contributed by atoms with Crippen LogP contribution in [0.3, 0.4) is 0 Å². The molecule has 8 nitrogen and oxygen atoms in total. The third-order valence-corrected chi connectivity index (χ3v) is 8.73. The van der Waals surface area contributed by atoms with Crippen LogP contribution in [-0.4, -0.2) is 33.5 Å². The molecule has 226 valence electrons. The minimum absolute atomic E-state index is 0.210. The van der Waals surface area contributed by atoms with Gasteiger partial charge in [-0.15, -0.1) is 0 Å². The number of rotatable bonds is 10. The van der Waals surface area contributed by atoms with Gasteiger partial charge in [-0.25, -0.2) is 4.85 Å². The van der Waals surface area contributed by atoms with Gasteiger partial charge in [-0.05, 0) is 72.5 Å². The normalized spacial score (nSPS) is 15.9. The van der Waals surface area contributed by atoms with Crippen molar-refractivity contribution in [2.75, 3.05) is 6.54 Å². The number of aromatic nitrogens is 1. The Morgan fingerprint density at radius 2 is 1.82 bits per heavy atom. The summed E-state index contributed by atoms with van der Waals surface area (Å²) in [7, 11) is 0. The molecule has 3 aromatic carbocycles. The van der Waals surface area contributed by atoms with Crippen molar-refractivity contribution in [2.24, 2.45) is 0 Å². The molecule has 1 aromatic heterocycles. The van der Waals surface area contributed by atoms with Crippen LogP contribution < -0.4 is 9.47 Å². The largest absolute Gasteiger partial charge is 0.488 e. The lowest BCUT2D eigenvalue weighted by Crippen LogP contribution is -2.44. The van der Waals surface area contributed by atoms with E-state index in [1.807, 2.05) is 54.6 Å². The van der Waals surface area contributed by atoms with Crippen molar-refractivity contribution in [3.05, 3.63) is 118 Å². The van der Waals surface area contributed by atoms with Crippen LogP contribution in [0.4, 0.5) is 5.69 Å². The molecule has 0 amide bonds. The zero-order valence-electron chi connectivity index (χ0n) is 25.0. The molecular formula is C37H34N4O4. The van der Waals surface area contributed by atoms with E-state index in [-0.39, 0.29) is 13.2 Å². The number of fused-ring (bicyclic) bond motifs is 1. The quantitative estimate of drug-likeness (QED) is 0.192. The summed E-state index contributed by atoms with van der Waals surface area (Å²) in [4.78, 5) is 21.9. The molecule has 0 spiro atoms. The minimum Gasteiger partial charge on any atom is -0.488 e. The molecular weight excluding hydrogens is 564 g/mol. The number of pyridine rings is 1. The van der Waals surface area contributed by atoms with Crippen molar-refractivity contribution in [3.8, 4) is 28.7 Å². The average molecular weight is 599 g/mol. The molecule has 1 fully saturated rings. The van der Waals surface area contributed by atoms with E-state index in [4.69, 9.17) is 16.0 Å². The van der Waals surface area contributed by atoms with E-state index in [0.29, 0.717) is 30.0 Å². The molecule has 0 bridgehead atoms. The van der Waals surface area contributed by atoms with Crippen LogP contribution in [-0.2, 0) is 37.4 Å². The van der Waals surface area contributed by atoms with Crippen molar-refractivity contribution >= 4 is 11.7 Å². The van der Waals surface area contributed by atoms with E-state index in [9.17, 15) is 15.2 Å². The van der Waals surface area contributed by atoms with Gasteiger partial charge < -0.3 is 14.6 Å². The van der Waals surface area contributed by atoms with Crippen molar-refractivity contribution < 1.29 is 19.4 Å². The third kappa shape index (κ3) is 6.52. The maximum atomic E-state index is 12.1. The molecule has 1 saturated heterocycles. The highest BCUT2D eigenvalue weighted by molar-refractivity contribution is 5.74. The highest BCUT2D eigenvalue weighted by atomic mass is 16.5. The molecule has 2 aliphatic rings. The van der Waals surface area contributed by atoms with E-state index in [1.54, 1.807) is 12.3 Å². The molecule has 8 heteroatoms. The van der Waals surface area contributed by atoms with Gasteiger partial charge in [-0.2, -0.15) is 5.26 Å². The lowest BCUT2D eigenvalue weighted by Gasteiger charge is -2.34. The predicted molar refractivity (Wildman–Crippen MR) is 170 cm³/mol. The van der Waals surface area contributed by atoms with E-state index >= 15 is 0 Å². The fourth-order valence-corrected chi connectivity index (χ4v) is 6.53. The van der Waals surface area contributed by atoms with Gasteiger partial charge in [0.2, 0.25) is 5.69 Å². The maximum Gasteiger partial charge on any atom is 0.320 e. The molecule has 6 rings (SSSR count). The molecule has 0 saturated carbocycles. The van der Waals surface area contributed by atoms with Gasteiger partial charge in [-0.3, -0.25) is 14.7 Å². The standard InChI is InChI=1S/C37H34N4O4/c1-39-28-17-25(20-40-21-28)23-44-36-18-35(45-24-27-11-7-12-29(32(27)19-38)26-9-3-2-4-10-26)31-14-8-13-30(31)33(36)22-41-16-6-5-15-34(41)37(42)43/h2-4,7,9-12,17-18,20-21,34H,5-6,8,13-16,22-24H2,(H,42,43)/t34-/m0/s1. The molecule has 0 radical (unpaired) electrons. The topological polar surface area (TPSA) is 100 Å². The Balaban J connectivity index is 1.34. The summed E-state index contributed by atoms with van der Waals surface area (Å²) < 4.78 is 13.0. The van der Waals surface area contributed by atoms with Gasteiger partial charge >= 0.3 is 5.97 Å². The minimum atomic E-state index is -0.790. The second kappa shape index (κ2) is 13.6. The number of carboxylic acid groups (broad SMARTS) is 1. The fourth-order valence-electron chi connectivity index (χ4n) is 6.53. The number of likely N-dealkylation sites (tertiary alicyclic amines) is 1. The summed E-state index contributed by atoms with van der Waals surface area (Å²) in [6.07, 6.45) is 8.38. The van der Waals surface area contributed by atoms with E-state index < -0.39 is 12.0 Å². The summed E-state index contributed by atoms with van der Waals surface area (Å²) in [6.45, 7) is 8.97. The number of carboxylic acids is 1. The summed E-state index contributed by atoms with van der Waals surface area (Å²) in [5.41, 5.74) is 7.73. The van der Waals surface area contributed by atoms with Gasteiger partial charge in [-0.1, -0.05) is 55.0 Å². The molecule has 4 aromatic rings. The van der Waals surface area contributed by atoms with Crippen LogP contribution in [0.1, 0.15) is 59.1 Å². The van der Waals surface area contributed by atoms with Crippen molar-refractivity contribution in [1.29, 1.82) is 5.26 Å². The highest BCUT2D eigenvalue weighted by Gasteiger charge is 2.32. The van der Waals surface area contributed by atoms with Crippen LogP contribution in [0.2, 0.25) is 0 Å².